The standard InChI is InChI=1S/C18H21ClN6S/c1-12(16-11-24(3)23-13(16)2)21-18(26)22-15-8-20-25(10-15)9-14-6-4-5-7-17(14)19/h4-8,10-12H,9H2,1-3H3,(H2,21,22,26). The van der Waals surface area contributed by atoms with Crippen molar-refractivity contribution in [2.45, 2.75) is 26.4 Å². The van der Waals surface area contributed by atoms with Gasteiger partial charge in [0.05, 0.1) is 30.2 Å². The van der Waals surface area contributed by atoms with Crippen LogP contribution in [0, 0.1) is 6.92 Å². The SMILES string of the molecule is Cc1nn(C)cc1C(C)NC(=S)Nc1cnn(Cc2ccccc2Cl)c1. The summed E-state index contributed by atoms with van der Waals surface area (Å²) in [6.45, 7) is 4.65. The number of hydrogen-bond acceptors (Lipinski definition) is 3. The molecule has 1 atom stereocenters. The largest absolute Gasteiger partial charge is 0.356 e. The van der Waals surface area contributed by atoms with E-state index in [-0.39, 0.29) is 6.04 Å². The fourth-order valence-corrected chi connectivity index (χ4v) is 3.29. The molecule has 8 heteroatoms. The van der Waals surface area contributed by atoms with Crippen molar-refractivity contribution in [1.82, 2.24) is 24.9 Å². The predicted molar refractivity (Wildman–Crippen MR) is 108 cm³/mol. The molecular formula is C18H21ClN6S. The van der Waals surface area contributed by atoms with Crippen molar-refractivity contribution >= 4 is 34.6 Å². The third-order valence-electron chi connectivity index (χ3n) is 4.05. The lowest BCUT2D eigenvalue weighted by molar-refractivity contribution is 0.687. The summed E-state index contributed by atoms with van der Waals surface area (Å²) in [7, 11) is 1.91. The quantitative estimate of drug-likeness (QED) is 0.653. The lowest BCUT2D eigenvalue weighted by Gasteiger charge is -2.15. The molecule has 3 aromatic rings. The molecule has 0 bridgehead atoms. The molecule has 3 rings (SSSR count). The Morgan fingerprint density at radius 3 is 2.77 bits per heavy atom. The lowest BCUT2D eigenvalue weighted by Crippen LogP contribution is -2.30. The maximum Gasteiger partial charge on any atom is 0.171 e. The molecule has 6 nitrogen and oxygen atoms in total. The van der Waals surface area contributed by atoms with Crippen LogP contribution < -0.4 is 10.6 Å². The normalized spacial score (nSPS) is 12.0. The van der Waals surface area contributed by atoms with Gasteiger partial charge in [-0.15, -0.1) is 0 Å². The molecule has 1 aromatic carbocycles. The number of hydrogen-bond donors (Lipinski definition) is 2. The first kappa shape index (κ1) is 18.4. The number of nitrogens with one attached hydrogen (secondary N) is 2. The zero-order valence-electron chi connectivity index (χ0n) is 14.9. The molecule has 2 aromatic heterocycles. The Bertz CT molecular complexity index is 916. The van der Waals surface area contributed by atoms with Crippen LogP contribution in [-0.2, 0) is 13.6 Å². The minimum absolute atomic E-state index is 0.0573. The number of nitrogens with zero attached hydrogens (tertiary/aromatic N) is 4. The molecule has 0 aliphatic rings. The van der Waals surface area contributed by atoms with Gasteiger partial charge in [-0.2, -0.15) is 10.2 Å². The van der Waals surface area contributed by atoms with Gasteiger partial charge in [-0.05, 0) is 37.7 Å². The summed E-state index contributed by atoms with van der Waals surface area (Å²) in [5, 5.41) is 16.4. The second-order valence-electron chi connectivity index (χ2n) is 6.18. The fourth-order valence-electron chi connectivity index (χ4n) is 2.80. The third kappa shape index (κ3) is 4.42. The Kier molecular flexibility index (Phi) is 5.58. The van der Waals surface area contributed by atoms with Crippen molar-refractivity contribution < 1.29 is 0 Å². The summed E-state index contributed by atoms with van der Waals surface area (Å²) in [5.74, 6) is 0. The highest BCUT2D eigenvalue weighted by molar-refractivity contribution is 7.80. The van der Waals surface area contributed by atoms with Crippen LogP contribution in [0.1, 0.15) is 29.8 Å². The molecule has 1 unspecified atom stereocenters. The van der Waals surface area contributed by atoms with Gasteiger partial charge in [-0.3, -0.25) is 9.36 Å². The van der Waals surface area contributed by atoms with Gasteiger partial charge in [0.15, 0.2) is 5.11 Å². The number of anilines is 1. The minimum atomic E-state index is 0.0573. The van der Waals surface area contributed by atoms with Crippen LogP contribution >= 0.6 is 23.8 Å². The van der Waals surface area contributed by atoms with E-state index in [9.17, 15) is 0 Å². The van der Waals surface area contributed by atoms with Gasteiger partial charge in [0, 0.05) is 30.0 Å². The average molecular weight is 389 g/mol. The number of aromatic nitrogens is 4. The van der Waals surface area contributed by atoms with Crippen LogP contribution in [-0.4, -0.2) is 24.7 Å². The van der Waals surface area contributed by atoms with E-state index in [1.807, 2.05) is 55.3 Å². The molecule has 0 saturated carbocycles. The molecule has 2 heterocycles. The second-order valence-corrected chi connectivity index (χ2v) is 7.00. The van der Waals surface area contributed by atoms with Crippen molar-refractivity contribution in [1.29, 1.82) is 0 Å². The molecular weight excluding hydrogens is 368 g/mol. The van der Waals surface area contributed by atoms with E-state index < -0.39 is 0 Å². The van der Waals surface area contributed by atoms with Crippen LogP contribution in [0.4, 0.5) is 5.69 Å². The fraction of sp³-hybridized carbons (Fsp3) is 0.278. The van der Waals surface area contributed by atoms with Gasteiger partial charge in [-0.25, -0.2) is 0 Å². The molecule has 136 valence electrons. The van der Waals surface area contributed by atoms with Crippen LogP contribution in [0.5, 0.6) is 0 Å². The summed E-state index contributed by atoms with van der Waals surface area (Å²) in [4.78, 5) is 0. The summed E-state index contributed by atoms with van der Waals surface area (Å²) < 4.78 is 3.62. The molecule has 0 spiro atoms. The highest BCUT2D eigenvalue weighted by atomic mass is 35.5. The van der Waals surface area contributed by atoms with Crippen molar-refractivity contribution in [2.75, 3.05) is 5.32 Å². The van der Waals surface area contributed by atoms with E-state index in [4.69, 9.17) is 23.8 Å². The van der Waals surface area contributed by atoms with Crippen LogP contribution in [0.25, 0.3) is 0 Å². The van der Waals surface area contributed by atoms with Gasteiger partial charge < -0.3 is 10.6 Å². The first-order valence-corrected chi connectivity index (χ1v) is 9.04. The predicted octanol–water partition coefficient (Wildman–Crippen LogP) is 3.67. The van der Waals surface area contributed by atoms with Gasteiger partial charge >= 0.3 is 0 Å². The van der Waals surface area contributed by atoms with Crippen molar-refractivity contribution in [3.63, 3.8) is 0 Å². The Labute approximate surface area is 163 Å². The maximum atomic E-state index is 6.20. The molecule has 0 radical (unpaired) electrons. The van der Waals surface area contributed by atoms with Gasteiger partial charge in [0.2, 0.25) is 0 Å². The Balaban J connectivity index is 1.59. The molecule has 0 fully saturated rings. The number of benzene rings is 1. The topological polar surface area (TPSA) is 59.7 Å². The molecule has 0 amide bonds. The maximum absolute atomic E-state index is 6.20. The summed E-state index contributed by atoms with van der Waals surface area (Å²) >= 11 is 11.6. The Morgan fingerprint density at radius 2 is 2.08 bits per heavy atom. The van der Waals surface area contributed by atoms with E-state index in [2.05, 4.69) is 27.8 Å². The molecule has 0 aliphatic carbocycles. The zero-order valence-corrected chi connectivity index (χ0v) is 16.5. The summed E-state index contributed by atoms with van der Waals surface area (Å²) in [6.07, 6.45) is 5.64. The monoisotopic (exact) mass is 388 g/mol. The lowest BCUT2D eigenvalue weighted by atomic mass is 10.1. The first-order chi connectivity index (χ1) is 12.4. The minimum Gasteiger partial charge on any atom is -0.356 e. The number of halogens is 1. The first-order valence-electron chi connectivity index (χ1n) is 8.26. The molecule has 0 saturated heterocycles. The summed E-state index contributed by atoms with van der Waals surface area (Å²) in [6, 6.07) is 7.80. The van der Waals surface area contributed by atoms with Crippen LogP contribution in [0.3, 0.4) is 0 Å². The number of thiocarbonyl (C=S) groups is 1. The van der Waals surface area contributed by atoms with Gasteiger partial charge in [0.1, 0.15) is 0 Å². The van der Waals surface area contributed by atoms with Crippen molar-refractivity contribution in [2.24, 2.45) is 7.05 Å². The Hall–Kier alpha value is -2.38. The van der Waals surface area contributed by atoms with E-state index in [0.717, 1.165) is 27.5 Å². The zero-order chi connectivity index (χ0) is 18.7. The van der Waals surface area contributed by atoms with E-state index >= 15 is 0 Å². The van der Waals surface area contributed by atoms with Crippen LogP contribution in [0.2, 0.25) is 5.02 Å². The van der Waals surface area contributed by atoms with Crippen LogP contribution in [0.15, 0.2) is 42.9 Å². The third-order valence-corrected chi connectivity index (χ3v) is 4.64. The van der Waals surface area contributed by atoms with E-state index in [1.54, 1.807) is 10.9 Å². The number of aryl methyl sites for hydroxylation is 2. The smallest absolute Gasteiger partial charge is 0.171 e. The highest BCUT2D eigenvalue weighted by Crippen LogP contribution is 2.18. The number of rotatable bonds is 5. The van der Waals surface area contributed by atoms with Crippen molar-refractivity contribution in [3.8, 4) is 0 Å². The highest BCUT2D eigenvalue weighted by Gasteiger charge is 2.13. The van der Waals surface area contributed by atoms with Gasteiger partial charge in [0.25, 0.3) is 0 Å². The van der Waals surface area contributed by atoms with Gasteiger partial charge in [-0.1, -0.05) is 29.8 Å². The Morgan fingerprint density at radius 1 is 1.31 bits per heavy atom. The molecule has 2 N–H and O–H groups in total. The molecule has 26 heavy (non-hydrogen) atoms. The average Bonchev–Trinajstić information content (AvgIpc) is 3.15. The van der Waals surface area contributed by atoms with E-state index in [0.29, 0.717) is 11.7 Å². The summed E-state index contributed by atoms with van der Waals surface area (Å²) in [5.41, 5.74) is 3.95. The van der Waals surface area contributed by atoms with Crippen molar-refractivity contribution in [3.05, 3.63) is 64.7 Å². The molecule has 0 aliphatic heterocycles. The second kappa shape index (κ2) is 7.88. The van der Waals surface area contributed by atoms with E-state index in [1.165, 1.54) is 0 Å².